The quantitative estimate of drug-likeness (QED) is 0.784. The van der Waals surface area contributed by atoms with Gasteiger partial charge in [-0.25, -0.2) is 0 Å². The number of nitrogens with one attached hydrogen (secondary N) is 1. The lowest BCUT2D eigenvalue weighted by molar-refractivity contribution is -0.123. The molecule has 0 aliphatic heterocycles. The van der Waals surface area contributed by atoms with E-state index in [1.54, 1.807) is 6.92 Å². The van der Waals surface area contributed by atoms with Gasteiger partial charge in [-0.1, -0.05) is 20.3 Å². The Kier molecular flexibility index (Phi) is 6.02. The van der Waals surface area contributed by atoms with E-state index in [0.717, 1.165) is 12.8 Å². The zero-order chi connectivity index (χ0) is 15.4. The van der Waals surface area contributed by atoms with Crippen LogP contribution in [0.4, 0.5) is 0 Å². The van der Waals surface area contributed by atoms with E-state index in [1.807, 2.05) is 19.0 Å². The Morgan fingerprint density at radius 2 is 2.10 bits per heavy atom. The first-order chi connectivity index (χ1) is 9.10. The fourth-order valence-corrected chi connectivity index (χ4v) is 3.39. The molecule has 0 spiro atoms. The molecule has 0 heterocycles. The third-order valence-corrected chi connectivity index (χ3v) is 4.10. The molecule has 2 unspecified atom stereocenters. The van der Waals surface area contributed by atoms with Crippen molar-refractivity contribution in [1.82, 2.24) is 10.2 Å². The smallest absolute Gasteiger partial charge is 0.220 e. The molecule has 0 aromatic heterocycles. The fraction of sp³-hybridized carbons (Fsp3) is 0.938. The molecule has 2 atom stereocenters. The lowest BCUT2D eigenvalue weighted by atomic mass is 9.71. The van der Waals surface area contributed by atoms with Gasteiger partial charge in [-0.05, 0) is 51.6 Å². The molecule has 2 N–H and O–H groups in total. The van der Waals surface area contributed by atoms with Crippen molar-refractivity contribution in [2.45, 2.75) is 58.5 Å². The van der Waals surface area contributed by atoms with Gasteiger partial charge in [0.25, 0.3) is 0 Å². The van der Waals surface area contributed by atoms with Gasteiger partial charge in [-0.3, -0.25) is 4.79 Å². The summed E-state index contributed by atoms with van der Waals surface area (Å²) in [4.78, 5) is 13.9. The van der Waals surface area contributed by atoms with Crippen molar-refractivity contribution in [3.05, 3.63) is 0 Å². The predicted octanol–water partition coefficient (Wildman–Crippen LogP) is 2.02. The summed E-state index contributed by atoms with van der Waals surface area (Å²) >= 11 is 0. The van der Waals surface area contributed by atoms with Gasteiger partial charge in [0.2, 0.25) is 5.91 Å². The second-order valence-electron chi connectivity index (χ2n) is 7.84. The van der Waals surface area contributed by atoms with Gasteiger partial charge >= 0.3 is 0 Å². The molecule has 1 amide bonds. The number of nitrogens with zero attached hydrogens (tertiary/aromatic N) is 1. The molecule has 118 valence electrons. The predicted molar refractivity (Wildman–Crippen MR) is 82.5 cm³/mol. The van der Waals surface area contributed by atoms with Crippen LogP contribution < -0.4 is 5.32 Å². The number of amides is 1. The third-order valence-electron chi connectivity index (χ3n) is 4.10. The van der Waals surface area contributed by atoms with E-state index < -0.39 is 5.60 Å². The van der Waals surface area contributed by atoms with Crippen LogP contribution in [0.3, 0.4) is 0 Å². The summed E-state index contributed by atoms with van der Waals surface area (Å²) in [6.45, 7) is 7.21. The third kappa shape index (κ3) is 6.71. The van der Waals surface area contributed by atoms with Crippen LogP contribution >= 0.6 is 0 Å². The van der Waals surface area contributed by atoms with Crippen molar-refractivity contribution in [2.75, 3.05) is 27.2 Å². The van der Waals surface area contributed by atoms with Crippen LogP contribution in [0.2, 0.25) is 0 Å². The summed E-state index contributed by atoms with van der Waals surface area (Å²) in [5.41, 5.74) is -0.495. The van der Waals surface area contributed by atoms with Gasteiger partial charge in [-0.15, -0.1) is 0 Å². The normalized spacial score (nSPS) is 25.2. The number of aliphatic hydroxyl groups is 1. The highest BCUT2D eigenvalue weighted by Gasteiger charge is 2.29. The maximum atomic E-state index is 12.0. The Bertz CT molecular complexity index is 324. The van der Waals surface area contributed by atoms with E-state index in [4.69, 9.17) is 0 Å². The van der Waals surface area contributed by atoms with Crippen LogP contribution in [-0.4, -0.2) is 48.7 Å². The van der Waals surface area contributed by atoms with Crippen molar-refractivity contribution >= 4 is 5.91 Å². The van der Waals surface area contributed by atoms with Crippen LogP contribution in [0, 0.1) is 11.3 Å². The lowest BCUT2D eigenvalue weighted by Crippen LogP contribution is -2.47. The molecule has 0 aromatic carbocycles. The van der Waals surface area contributed by atoms with E-state index in [9.17, 15) is 9.90 Å². The average molecular weight is 284 g/mol. The molecule has 1 aliphatic rings. The second kappa shape index (κ2) is 6.90. The van der Waals surface area contributed by atoms with Gasteiger partial charge in [0.15, 0.2) is 0 Å². The number of carbonyl (C=O) groups excluding carboxylic acids is 1. The molecule has 0 radical (unpaired) electrons. The van der Waals surface area contributed by atoms with Crippen LogP contribution in [0.1, 0.15) is 52.9 Å². The molecule has 4 nitrogen and oxygen atoms in total. The zero-order valence-corrected chi connectivity index (χ0v) is 13.8. The summed E-state index contributed by atoms with van der Waals surface area (Å²) in [6.07, 6.45) is 5.38. The summed E-state index contributed by atoms with van der Waals surface area (Å²) in [7, 11) is 3.83. The van der Waals surface area contributed by atoms with E-state index in [1.165, 1.54) is 12.8 Å². The fourth-order valence-electron chi connectivity index (χ4n) is 3.39. The number of rotatable bonds is 6. The topological polar surface area (TPSA) is 52.6 Å². The molecule has 0 bridgehead atoms. The molecule has 20 heavy (non-hydrogen) atoms. The van der Waals surface area contributed by atoms with E-state index in [0.29, 0.717) is 30.8 Å². The van der Waals surface area contributed by atoms with Crippen molar-refractivity contribution in [2.24, 2.45) is 11.3 Å². The summed E-state index contributed by atoms with van der Waals surface area (Å²) in [5.74, 6) is 0.573. The zero-order valence-electron chi connectivity index (χ0n) is 13.8. The first-order valence-corrected chi connectivity index (χ1v) is 7.73. The van der Waals surface area contributed by atoms with Crippen LogP contribution in [0.5, 0.6) is 0 Å². The van der Waals surface area contributed by atoms with Gasteiger partial charge in [0, 0.05) is 19.5 Å². The molecular weight excluding hydrogens is 252 g/mol. The van der Waals surface area contributed by atoms with Gasteiger partial charge in [0.05, 0.1) is 5.60 Å². The number of hydrogen-bond donors (Lipinski definition) is 2. The molecule has 1 saturated carbocycles. The largest absolute Gasteiger partial charge is 0.387 e. The van der Waals surface area contributed by atoms with Crippen LogP contribution in [0.25, 0.3) is 0 Å². The molecular formula is C16H32N2O2. The van der Waals surface area contributed by atoms with E-state index >= 15 is 0 Å². The van der Waals surface area contributed by atoms with Crippen molar-refractivity contribution < 1.29 is 9.90 Å². The standard InChI is InChI=1S/C16H32N2O2/c1-15(2)8-6-7-13(10-15)9-14(19)17-11-16(3,20)12-18(4)5/h13,20H,6-12H2,1-5H3,(H,17,19). The highest BCUT2D eigenvalue weighted by Crippen LogP contribution is 2.39. The first-order valence-electron chi connectivity index (χ1n) is 7.73. The monoisotopic (exact) mass is 284 g/mol. The molecule has 0 saturated heterocycles. The molecule has 1 aliphatic carbocycles. The maximum absolute atomic E-state index is 12.0. The SMILES string of the molecule is CN(C)CC(C)(O)CNC(=O)CC1CCCC(C)(C)C1. The highest BCUT2D eigenvalue weighted by molar-refractivity contribution is 5.76. The average Bonchev–Trinajstić information content (AvgIpc) is 2.23. The lowest BCUT2D eigenvalue weighted by Gasteiger charge is -2.35. The highest BCUT2D eigenvalue weighted by atomic mass is 16.3. The minimum absolute atomic E-state index is 0.0757. The number of likely N-dealkylation sites (N-methyl/N-ethyl adjacent to an activating group) is 1. The van der Waals surface area contributed by atoms with E-state index in [-0.39, 0.29) is 5.91 Å². The van der Waals surface area contributed by atoms with Gasteiger partial charge in [-0.2, -0.15) is 0 Å². The Hall–Kier alpha value is -0.610. The van der Waals surface area contributed by atoms with Crippen LogP contribution in [-0.2, 0) is 4.79 Å². The maximum Gasteiger partial charge on any atom is 0.220 e. The Balaban J connectivity index is 2.33. The van der Waals surface area contributed by atoms with Crippen LogP contribution in [0.15, 0.2) is 0 Å². The second-order valence-corrected chi connectivity index (χ2v) is 7.84. The summed E-state index contributed by atoms with van der Waals surface area (Å²) in [6, 6.07) is 0. The summed E-state index contributed by atoms with van der Waals surface area (Å²) in [5, 5.41) is 13.1. The van der Waals surface area contributed by atoms with Gasteiger partial charge < -0.3 is 15.3 Å². The van der Waals surface area contributed by atoms with Crippen molar-refractivity contribution in [3.8, 4) is 0 Å². The Labute approximate surface area is 123 Å². The Morgan fingerprint density at radius 1 is 1.45 bits per heavy atom. The number of hydrogen-bond acceptors (Lipinski definition) is 3. The Morgan fingerprint density at radius 3 is 2.65 bits per heavy atom. The first kappa shape index (κ1) is 17.4. The molecule has 1 fully saturated rings. The minimum atomic E-state index is -0.870. The molecule has 0 aromatic rings. The van der Waals surface area contributed by atoms with E-state index in [2.05, 4.69) is 19.2 Å². The molecule has 4 heteroatoms. The van der Waals surface area contributed by atoms with Crippen molar-refractivity contribution in [3.63, 3.8) is 0 Å². The molecule has 1 rings (SSSR count). The van der Waals surface area contributed by atoms with Crippen molar-refractivity contribution in [1.29, 1.82) is 0 Å². The minimum Gasteiger partial charge on any atom is -0.387 e. The van der Waals surface area contributed by atoms with Gasteiger partial charge in [0.1, 0.15) is 0 Å². The summed E-state index contributed by atoms with van der Waals surface area (Å²) < 4.78 is 0. The number of carbonyl (C=O) groups is 1.